The van der Waals surface area contributed by atoms with E-state index in [2.05, 4.69) is 4.98 Å². The van der Waals surface area contributed by atoms with Gasteiger partial charge in [0.05, 0.1) is 17.6 Å². The number of esters is 1. The summed E-state index contributed by atoms with van der Waals surface area (Å²) < 4.78 is 28.8. The Kier molecular flexibility index (Phi) is 4.17. The molecular formula is C18H19NO4S. The summed E-state index contributed by atoms with van der Waals surface area (Å²) in [6.07, 6.45) is 4.81. The molecule has 0 N–H and O–H groups in total. The number of carbonyl (C=O) groups excluding carboxylic acids is 1. The maximum atomic E-state index is 12.1. The molecule has 0 spiro atoms. The van der Waals surface area contributed by atoms with Gasteiger partial charge >= 0.3 is 5.97 Å². The fourth-order valence-corrected chi connectivity index (χ4v) is 3.45. The molecular weight excluding hydrogens is 326 g/mol. The van der Waals surface area contributed by atoms with Gasteiger partial charge in [-0.25, -0.2) is 13.2 Å². The van der Waals surface area contributed by atoms with Crippen molar-refractivity contribution >= 4 is 15.8 Å². The van der Waals surface area contributed by atoms with Crippen LogP contribution in [0.25, 0.3) is 11.1 Å². The molecule has 24 heavy (non-hydrogen) atoms. The number of rotatable bonds is 4. The minimum Gasteiger partial charge on any atom is -0.465 e. The van der Waals surface area contributed by atoms with Gasteiger partial charge in [0, 0.05) is 18.1 Å². The first-order chi connectivity index (χ1) is 11.3. The van der Waals surface area contributed by atoms with Gasteiger partial charge < -0.3 is 4.74 Å². The van der Waals surface area contributed by atoms with Crippen molar-refractivity contribution in [2.24, 2.45) is 0 Å². The number of aryl methyl sites for hydroxylation is 1. The Morgan fingerprint density at radius 1 is 1.21 bits per heavy atom. The Morgan fingerprint density at radius 2 is 1.92 bits per heavy atom. The number of carbonyl (C=O) groups is 1. The van der Waals surface area contributed by atoms with Crippen LogP contribution < -0.4 is 0 Å². The van der Waals surface area contributed by atoms with Crippen LogP contribution in [0.4, 0.5) is 0 Å². The number of methoxy groups -OCH3 is 1. The number of hydrogen-bond donors (Lipinski definition) is 0. The zero-order valence-corrected chi connectivity index (χ0v) is 14.7. The number of pyridine rings is 1. The lowest BCUT2D eigenvalue weighted by atomic mass is 9.93. The highest BCUT2D eigenvalue weighted by atomic mass is 32.2. The van der Waals surface area contributed by atoms with E-state index in [1.807, 2.05) is 13.0 Å². The average Bonchev–Trinajstić information content (AvgIpc) is 3.37. The van der Waals surface area contributed by atoms with Crippen LogP contribution in [0.15, 0.2) is 35.4 Å². The zero-order chi connectivity index (χ0) is 17.5. The Bertz CT molecular complexity index is 915. The van der Waals surface area contributed by atoms with Gasteiger partial charge in [-0.1, -0.05) is 6.07 Å². The van der Waals surface area contributed by atoms with E-state index in [0.717, 1.165) is 29.7 Å². The van der Waals surface area contributed by atoms with Crippen LogP contribution >= 0.6 is 0 Å². The minimum absolute atomic E-state index is 0.243. The predicted octanol–water partition coefficient (Wildman–Crippen LogP) is 3.12. The quantitative estimate of drug-likeness (QED) is 0.796. The van der Waals surface area contributed by atoms with E-state index in [1.54, 1.807) is 18.2 Å². The van der Waals surface area contributed by atoms with Crippen LogP contribution in [0.3, 0.4) is 0 Å². The molecule has 3 rings (SSSR count). The number of ether oxygens (including phenoxy) is 1. The maximum Gasteiger partial charge on any atom is 0.340 e. The minimum atomic E-state index is -3.34. The van der Waals surface area contributed by atoms with E-state index in [4.69, 9.17) is 4.74 Å². The van der Waals surface area contributed by atoms with Crippen molar-refractivity contribution < 1.29 is 17.9 Å². The molecule has 2 aromatic rings. The molecule has 0 atom stereocenters. The smallest absolute Gasteiger partial charge is 0.340 e. The molecule has 1 aliphatic rings. The summed E-state index contributed by atoms with van der Waals surface area (Å²) >= 11 is 0. The molecule has 0 unspecified atom stereocenters. The number of hydrogen-bond acceptors (Lipinski definition) is 5. The van der Waals surface area contributed by atoms with Gasteiger partial charge in [0.25, 0.3) is 0 Å². The molecule has 0 radical (unpaired) electrons. The number of nitrogens with zero attached hydrogens (tertiary/aromatic N) is 1. The largest absolute Gasteiger partial charge is 0.465 e. The standard InChI is InChI=1S/C18H19NO4S/c1-11-8-15(17(10-19-11)18(20)23-2)16-9-13(24(3,21)22)6-7-14(16)12-4-5-12/h6-10,12H,4-5H2,1-3H3. The monoisotopic (exact) mass is 345 g/mol. The van der Waals surface area contributed by atoms with Crippen LogP contribution in [0.2, 0.25) is 0 Å². The molecule has 1 saturated carbocycles. The molecule has 5 nitrogen and oxygen atoms in total. The van der Waals surface area contributed by atoms with Gasteiger partial charge in [-0.3, -0.25) is 4.98 Å². The van der Waals surface area contributed by atoms with Crippen molar-refractivity contribution in [3.8, 4) is 11.1 Å². The third-order valence-electron chi connectivity index (χ3n) is 4.21. The fourth-order valence-electron chi connectivity index (χ4n) is 2.80. The molecule has 0 bridgehead atoms. The van der Waals surface area contributed by atoms with Gasteiger partial charge in [-0.05, 0) is 60.6 Å². The second-order valence-electron chi connectivity index (χ2n) is 6.16. The van der Waals surface area contributed by atoms with Crippen LogP contribution in [-0.4, -0.2) is 32.7 Å². The van der Waals surface area contributed by atoms with Gasteiger partial charge in [0.1, 0.15) is 0 Å². The number of sulfone groups is 1. The topological polar surface area (TPSA) is 73.3 Å². The fraction of sp³-hybridized carbons (Fsp3) is 0.333. The third-order valence-corrected chi connectivity index (χ3v) is 5.32. The van der Waals surface area contributed by atoms with Gasteiger partial charge in [-0.15, -0.1) is 0 Å². The average molecular weight is 345 g/mol. The molecule has 1 heterocycles. The summed E-state index contributed by atoms with van der Waals surface area (Å²) in [6.45, 7) is 1.84. The summed E-state index contributed by atoms with van der Waals surface area (Å²) in [7, 11) is -2.02. The number of benzene rings is 1. The van der Waals surface area contributed by atoms with E-state index in [-0.39, 0.29) is 4.90 Å². The Labute approximate surface area is 141 Å². The molecule has 1 aromatic heterocycles. The lowest BCUT2D eigenvalue weighted by molar-refractivity contribution is 0.0601. The molecule has 1 aromatic carbocycles. The Hall–Kier alpha value is -2.21. The molecule has 126 valence electrons. The molecule has 0 aliphatic heterocycles. The Balaban J connectivity index is 2.28. The lowest BCUT2D eigenvalue weighted by Crippen LogP contribution is -2.07. The van der Waals surface area contributed by atoms with Crippen LogP contribution in [-0.2, 0) is 14.6 Å². The van der Waals surface area contributed by atoms with Crippen molar-refractivity contribution in [3.05, 3.63) is 47.3 Å². The zero-order valence-electron chi connectivity index (χ0n) is 13.9. The molecule has 0 amide bonds. The van der Waals surface area contributed by atoms with E-state index >= 15 is 0 Å². The summed E-state index contributed by atoms with van der Waals surface area (Å²) in [5.41, 5.74) is 3.60. The van der Waals surface area contributed by atoms with Crippen molar-refractivity contribution in [2.45, 2.75) is 30.6 Å². The highest BCUT2D eigenvalue weighted by molar-refractivity contribution is 7.90. The first kappa shape index (κ1) is 16.6. The van der Waals surface area contributed by atoms with Gasteiger partial charge in [-0.2, -0.15) is 0 Å². The normalized spacial score (nSPS) is 14.5. The second kappa shape index (κ2) is 6.02. The summed E-state index contributed by atoms with van der Waals surface area (Å²) in [4.78, 5) is 16.5. The van der Waals surface area contributed by atoms with Gasteiger partial charge in [0.15, 0.2) is 9.84 Å². The van der Waals surface area contributed by atoms with E-state index in [1.165, 1.54) is 19.6 Å². The summed E-state index contributed by atoms with van der Waals surface area (Å²) in [5.74, 6) is -0.0726. The van der Waals surface area contributed by atoms with Crippen molar-refractivity contribution in [3.63, 3.8) is 0 Å². The first-order valence-electron chi connectivity index (χ1n) is 7.70. The molecule has 1 aliphatic carbocycles. The van der Waals surface area contributed by atoms with Crippen molar-refractivity contribution in [2.75, 3.05) is 13.4 Å². The van der Waals surface area contributed by atoms with Crippen molar-refractivity contribution in [1.82, 2.24) is 4.98 Å². The highest BCUT2D eigenvalue weighted by Gasteiger charge is 2.29. The van der Waals surface area contributed by atoms with Crippen LogP contribution in [0, 0.1) is 6.92 Å². The predicted molar refractivity (Wildman–Crippen MR) is 90.8 cm³/mol. The summed E-state index contributed by atoms with van der Waals surface area (Å²) in [5, 5.41) is 0. The lowest BCUT2D eigenvalue weighted by Gasteiger charge is -2.14. The molecule has 0 saturated heterocycles. The SMILES string of the molecule is COC(=O)c1cnc(C)cc1-c1cc(S(C)(=O)=O)ccc1C1CC1. The third kappa shape index (κ3) is 3.19. The molecule has 6 heteroatoms. The van der Waals surface area contributed by atoms with Gasteiger partial charge in [0.2, 0.25) is 0 Å². The van der Waals surface area contributed by atoms with Crippen molar-refractivity contribution in [1.29, 1.82) is 0 Å². The molecule has 1 fully saturated rings. The summed E-state index contributed by atoms with van der Waals surface area (Å²) in [6, 6.07) is 6.96. The first-order valence-corrected chi connectivity index (χ1v) is 9.59. The van der Waals surface area contributed by atoms with E-state index in [9.17, 15) is 13.2 Å². The second-order valence-corrected chi connectivity index (χ2v) is 8.17. The van der Waals surface area contributed by atoms with Crippen LogP contribution in [0.1, 0.15) is 40.4 Å². The van der Waals surface area contributed by atoms with E-state index in [0.29, 0.717) is 17.0 Å². The van der Waals surface area contributed by atoms with E-state index < -0.39 is 15.8 Å². The maximum absolute atomic E-state index is 12.1. The number of aromatic nitrogens is 1. The van der Waals surface area contributed by atoms with Crippen LogP contribution in [0.5, 0.6) is 0 Å². The highest BCUT2D eigenvalue weighted by Crippen LogP contribution is 2.45. The Morgan fingerprint density at radius 3 is 2.50 bits per heavy atom.